The van der Waals surface area contributed by atoms with Gasteiger partial charge in [-0.1, -0.05) is 42.8 Å². The van der Waals surface area contributed by atoms with Crippen LogP contribution in [0.1, 0.15) is 42.4 Å². The highest BCUT2D eigenvalue weighted by atomic mass is 16.5. The Labute approximate surface area is 253 Å². The van der Waals surface area contributed by atoms with Crippen molar-refractivity contribution in [2.75, 3.05) is 46.5 Å². The van der Waals surface area contributed by atoms with Gasteiger partial charge in [0.15, 0.2) is 5.58 Å². The van der Waals surface area contributed by atoms with Gasteiger partial charge in [0.05, 0.1) is 20.3 Å². The molecule has 0 aliphatic carbocycles. The lowest BCUT2D eigenvalue weighted by Crippen LogP contribution is -2.44. The molecular weight excluding hydrogens is 542 g/mol. The van der Waals surface area contributed by atoms with Gasteiger partial charge in [-0.3, -0.25) is 14.6 Å². The van der Waals surface area contributed by atoms with Crippen LogP contribution in [0.2, 0.25) is 0 Å². The number of carbonyl (C=O) groups is 1. The van der Waals surface area contributed by atoms with Crippen LogP contribution >= 0.6 is 0 Å². The van der Waals surface area contributed by atoms with Crippen molar-refractivity contribution in [1.29, 1.82) is 0 Å². The number of hydrogen-bond donors (Lipinski definition) is 1. The molecule has 2 aliphatic rings. The minimum atomic E-state index is -0.766. The van der Waals surface area contributed by atoms with Crippen molar-refractivity contribution in [2.45, 2.75) is 51.6 Å². The van der Waals surface area contributed by atoms with Gasteiger partial charge in [0.2, 0.25) is 5.89 Å². The largest absolute Gasteiger partial charge is 0.496 e. The molecule has 1 unspecified atom stereocenters. The number of ether oxygens (including phenoxy) is 2. The lowest BCUT2D eigenvalue weighted by atomic mass is 9.94. The lowest BCUT2D eigenvalue weighted by molar-refractivity contribution is -0.144. The molecule has 2 fully saturated rings. The van der Waals surface area contributed by atoms with Crippen LogP contribution in [0.5, 0.6) is 5.75 Å². The van der Waals surface area contributed by atoms with Crippen LogP contribution in [0.25, 0.3) is 33.7 Å². The van der Waals surface area contributed by atoms with E-state index in [0.29, 0.717) is 30.2 Å². The molecule has 2 aliphatic heterocycles. The van der Waals surface area contributed by atoms with Crippen molar-refractivity contribution < 1.29 is 23.8 Å². The minimum Gasteiger partial charge on any atom is -0.496 e. The Morgan fingerprint density at radius 3 is 2.67 bits per heavy atom. The Hall–Kier alpha value is -3.72. The maximum atomic E-state index is 11.9. The maximum absolute atomic E-state index is 11.9. The summed E-state index contributed by atoms with van der Waals surface area (Å²) in [7, 11) is 1.64. The smallest absolute Gasteiger partial charge is 0.320 e. The zero-order valence-corrected chi connectivity index (χ0v) is 25.2. The zero-order chi connectivity index (χ0) is 29.8. The first-order valence-electron chi connectivity index (χ1n) is 15.4. The molecule has 1 atom stereocenters. The molecule has 2 saturated heterocycles. The predicted octanol–water partition coefficient (Wildman–Crippen LogP) is 6.18. The van der Waals surface area contributed by atoms with E-state index >= 15 is 0 Å². The van der Waals surface area contributed by atoms with Crippen molar-refractivity contribution in [3.63, 3.8) is 0 Å². The van der Waals surface area contributed by atoms with Crippen LogP contribution < -0.4 is 4.74 Å². The fraction of sp³-hybridized carbons (Fsp3) is 0.429. The number of rotatable bonds is 10. The summed E-state index contributed by atoms with van der Waals surface area (Å²) in [6.07, 6.45) is 4.78. The Bertz CT molecular complexity index is 1580. The number of nitrogens with zero attached hydrogens (tertiary/aromatic N) is 3. The molecule has 6 rings (SSSR count). The Morgan fingerprint density at radius 1 is 1.05 bits per heavy atom. The molecule has 0 amide bonds. The molecular formula is C35H41N3O5. The Morgan fingerprint density at radius 2 is 1.86 bits per heavy atom. The molecule has 1 N–H and O–H groups in total. The number of carboxylic acid groups (broad SMARTS) is 1. The first kappa shape index (κ1) is 29.4. The summed E-state index contributed by atoms with van der Waals surface area (Å²) in [6.45, 7) is 8.21. The molecule has 3 aromatic carbocycles. The van der Waals surface area contributed by atoms with Crippen molar-refractivity contribution in [2.24, 2.45) is 0 Å². The second-order valence-corrected chi connectivity index (χ2v) is 11.7. The number of methoxy groups -OCH3 is 1. The van der Waals surface area contributed by atoms with E-state index in [9.17, 15) is 9.90 Å². The number of likely N-dealkylation sites (tertiary alicyclic amines) is 1. The van der Waals surface area contributed by atoms with Crippen LogP contribution in [0, 0.1) is 6.92 Å². The maximum Gasteiger partial charge on any atom is 0.320 e. The molecule has 8 heteroatoms. The summed E-state index contributed by atoms with van der Waals surface area (Å²) < 4.78 is 17.5. The lowest BCUT2D eigenvalue weighted by Gasteiger charge is -2.33. The number of carboxylic acids is 1. The molecule has 0 radical (unpaired) electrons. The molecule has 0 saturated carbocycles. The van der Waals surface area contributed by atoms with Gasteiger partial charge in [-0.25, -0.2) is 4.98 Å². The fourth-order valence-electron chi connectivity index (χ4n) is 6.51. The summed E-state index contributed by atoms with van der Waals surface area (Å²) in [4.78, 5) is 21.3. The van der Waals surface area contributed by atoms with Crippen LogP contribution in [-0.4, -0.2) is 78.4 Å². The zero-order valence-electron chi connectivity index (χ0n) is 25.2. The van der Waals surface area contributed by atoms with Gasteiger partial charge in [0.25, 0.3) is 0 Å². The first-order valence-corrected chi connectivity index (χ1v) is 15.4. The topological polar surface area (TPSA) is 88.3 Å². The van der Waals surface area contributed by atoms with E-state index in [1.54, 1.807) is 7.11 Å². The Balaban J connectivity index is 1.23. The molecule has 1 aromatic heterocycles. The van der Waals surface area contributed by atoms with Crippen molar-refractivity contribution in [3.8, 4) is 28.3 Å². The van der Waals surface area contributed by atoms with Crippen molar-refractivity contribution in [3.05, 3.63) is 71.3 Å². The second kappa shape index (κ2) is 13.3. The summed E-state index contributed by atoms with van der Waals surface area (Å²) in [5.41, 5.74) is 8.07. The van der Waals surface area contributed by atoms with Gasteiger partial charge < -0.3 is 19.0 Å². The molecule has 0 bridgehead atoms. The number of aromatic nitrogens is 1. The third-order valence-corrected chi connectivity index (χ3v) is 8.91. The summed E-state index contributed by atoms with van der Waals surface area (Å²) in [6, 6.07) is 18.5. The molecule has 3 heterocycles. The van der Waals surface area contributed by atoms with E-state index in [-0.39, 0.29) is 0 Å². The number of morpholine rings is 1. The van der Waals surface area contributed by atoms with Crippen LogP contribution in [0.4, 0.5) is 0 Å². The first-order chi connectivity index (χ1) is 21.0. The van der Waals surface area contributed by atoms with Crippen LogP contribution in [0.3, 0.4) is 0 Å². The number of aliphatic carboxylic acids is 1. The third kappa shape index (κ3) is 6.61. The number of fused-ring (bicyclic) bond motifs is 1. The number of aryl methyl sites for hydroxylation is 1. The van der Waals surface area contributed by atoms with Gasteiger partial charge in [-0.15, -0.1) is 0 Å². The predicted molar refractivity (Wildman–Crippen MR) is 167 cm³/mol. The molecule has 43 heavy (non-hydrogen) atoms. The standard InChI is InChI=1S/C35H41N3O5/c1-24-28(26-10-5-8-25(20-26)9-7-14-37-16-18-42-19-17-37)11-6-12-29(24)34-36-30-21-27(32(41-2)22-33(30)43-34)23-38-15-4-3-13-31(38)35(39)40/h5-6,8,10-12,20-22,31H,3-4,7,9,13-19,23H2,1-2H3,(H,39,40). The van der Waals surface area contributed by atoms with Gasteiger partial charge in [-0.05, 0) is 80.1 Å². The van der Waals surface area contributed by atoms with Crippen molar-refractivity contribution in [1.82, 2.24) is 14.8 Å². The van der Waals surface area contributed by atoms with E-state index < -0.39 is 12.0 Å². The molecule has 4 aromatic rings. The summed E-state index contributed by atoms with van der Waals surface area (Å²) >= 11 is 0. The van der Waals surface area contributed by atoms with Gasteiger partial charge >= 0.3 is 5.97 Å². The highest BCUT2D eigenvalue weighted by Crippen LogP contribution is 2.36. The van der Waals surface area contributed by atoms with Gasteiger partial charge in [0, 0.05) is 36.8 Å². The van der Waals surface area contributed by atoms with E-state index in [2.05, 4.69) is 54.3 Å². The Kier molecular flexibility index (Phi) is 9.07. The summed E-state index contributed by atoms with van der Waals surface area (Å²) in [5, 5.41) is 9.74. The van der Waals surface area contributed by atoms with E-state index in [4.69, 9.17) is 18.9 Å². The normalized spacial score (nSPS) is 18.2. The average molecular weight is 584 g/mol. The monoisotopic (exact) mass is 583 g/mol. The second-order valence-electron chi connectivity index (χ2n) is 11.7. The highest BCUT2D eigenvalue weighted by molar-refractivity contribution is 5.82. The fourth-order valence-corrected chi connectivity index (χ4v) is 6.51. The number of oxazole rings is 1. The number of piperidine rings is 1. The van der Waals surface area contributed by atoms with Crippen LogP contribution in [0.15, 0.2) is 59.0 Å². The minimum absolute atomic E-state index is 0.476. The number of benzene rings is 3. The highest BCUT2D eigenvalue weighted by Gasteiger charge is 2.29. The van der Waals surface area contributed by atoms with E-state index in [1.807, 2.05) is 17.0 Å². The molecule has 226 valence electrons. The van der Waals surface area contributed by atoms with Crippen molar-refractivity contribution >= 4 is 17.1 Å². The van der Waals surface area contributed by atoms with Gasteiger partial charge in [-0.2, -0.15) is 0 Å². The average Bonchev–Trinajstić information content (AvgIpc) is 3.44. The molecule has 0 spiro atoms. The van der Waals surface area contributed by atoms with Crippen LogP contribution in [-0.2, 0) is 22.5 Å². The third-order valence-electron chi connectivity index (χ3n) is 8.91. The quantitative estimate of drug-likeness (QED) is 0.237. The van der Waals surface area contributed by atoms with E-state index in [0.717, 1.165) is 92.8 Å². The van der Waals surface area contributed by atoms with E-state index in [1.165, 1.54) is 11.1 Å². The van der Waals surface area contributed by atoms with Gasteiger partial charge in [0.1, 0.15) is 17.3 Å². The molecule has 8 nitrogen and oxygen atoms in total. The SMILES string of the molecule is COc1cc2oc(-c3cccc(-c4cccc(CCCN5CCOCC5)c4)c3C)nc2cc1CN1CCCCC1C(=O)O. The number of hydrogen-bond acceptors (Lipinski definition) is 7. The summed E-state index contributed by atoms with van der Waals surface area (Å²) in [5.74, 6) is 0.481.